The highest BCUT2D eigenvalue weighted by Crippen LogP contribution is 2.12. The number of nitrogens with zero attached hydrogens (tertiary/aromatic N) is 4. The van der Waals surface area contributed by atoms with Crippen LogP contribution in [0.3, 0.4) is 0 Å². The standard InChI is InChI=1S/C14H17N5S/c1-11-7-17-14(18-8-11)19(6-4-13(15)20)10-12-3-2-5-16-9-12/h2-3,5,7-9H,4,6,10H2,1H3,(H2,15,20). The SMILES string of the molecule is Cc1cnc(N(CCC(N)=S)Cc2cccnc2)nc1. The highest BCUT2D eigenvalue weighted by Gasteiger charge is 2.10. The fourth-order valence-electron chi connectivity index (χ4n) is 1.76. The summed E-state index contributed by atoms with van der Waals surface area (Å²) in [5, 5.41) is 0. The fraction of sp³-hybridized carbons (Fsp3) is 0.286. The number of hydrogen-bond acceptors (Lipinski definition) is 5. The molecule has 0 unspecified atom stereocenters. The lowest BCUT2D eigenvalue weighted by atomic mass is 10.2. The zero-order chi connectivity index (χ0) is 14.4. The van der Waals surface area contributed by atoms with Crippen LogP contribution in [-0.4, -0.2) is 26.5 Å². The quantitative estimate of drug-likeness (QED) is 0.818. The first kappa shape index (κ1) is 14.3. The summed E-state index contributed by atoms with van der Waals surface area (Å²) in [4.78, 5) is 15.4. The normalized spacial score (nSPS) is 10.2. The van der Waals surface area contributed by atoms with Crippen molar-refractivity contribution >= 4 is 23.2 Å². The summed E-state index contributed by atoms with van der Waals surface area (Å²) in [6.45, 7) is 3.33. The summed E-state index contributed by atoms with van der Waals surface area (Å²) >= 11 is 4.95. The first-order valence-electron chi connectivity index (χ1n) is 6.36. The van der Waals surface area contributed by atoms with Gasteiger partial charge < -0.3 is 10.6 Å². The summed E-state index contributed by atoms with van der Waals surface area (Å²) in [6.07, 6.45) is 7.83. The molecule has 2 aromatic rings. The second-order valence-electron chi connectivity index (χ2n) is 4.56. The van der Waals surface area contributed by atoms with Gasteiger partial charge in [0.05, 0.1) is 4.99 Å². The van der Waals surface area contributed by atoms with E-state index in [-0.39, 0.29) is 0 Å². The van der Waals surface area contributed by atoms with Crippen molar-refractivity contribution in [3.63, 3.8) is 0 Å². The highest BCUT2D eigenvalue weighted by atomic mass is 32.1. The molecule has 0 radical (unpaired) electrons. The molecule has 0 aliphatic heterocycles. The molecule has 2 N–H and O–H groups in total. The molecule has 0 bridgehead atoms. The Bertz CT molecular complexity index is 556. The largest absolute Gasteiger partial charge is 0.393 e. The van der Waals surface area contributed by atoms with E-state index in [1.165, 1.54) is 0 Å². The molecular formula is C14H17N5S. The van der Waals surface area contributed by atoms with Gasteiger partial charge in [-0.2, -0.15) is 0 Å². The third kappa shape index (κ3) is 4.24. The van der Waals surface area contributed by atoms with Gasteiger partial charge in [-0.15, -0.1) is 0 Å². The maximum absolute atomic E-state index is 5.59. The Morgan fingerprint density at radius 2 is 2.05 bits per heavy atom. The molecule has 0 fully saturated rings. The van der Waals surface area contributed by atoms with Gasteiger partial charge in [0, 0.05) is 44.3 Å². The van der Waals surface area contributed by atoms with Crippen LogP contribution >= 0.6 is 12.2 Å². The lowest BCUT2D eigenvalue weighted by molar-refractivity contribution is 0.767. The molecule has 6 heteroatoms. The van der Waals surface area contributed by atoms with Crippen molar-refractivity contribution in [3.8, 4) is 0 Å². The molecule has 2 heterocycles. The second kappa shape index (κ2) is 6.91. The molecule has 104 valence electrons. The van der Waals surface area contributed by atoms with Gasteiger partial charge in [-0.3, -0.25) is 4.98 Å². The van der Waals surface area contributed by atoms with Crippen LogP contribution in [0.1, 0.15) is 17.5 Å². The monoisotopic (exact) mass is 287 g/mol. The van der Waals surface area contributed by atoms with E-state index in [1.54, 1.807) is 18.6 Å². The average Bonchev–Trinajstić information content (AvgIpc) is 2.45. The van der Waals surface area contributed by atoms with Crippen molar-refractivity contribution in [3.05, 3.63) is 48.0 Å². The zero-order valence-corrected chi connectivity index (χ0v) is 12.2. The van der Waals surface area contributed by atoms with Gasteiger partial charge in [-0.1, -0.05) is 18.3 Å². The molecule has 0 amide bonds. The van der Waals surface area contributed by atoms with Crippen molar-refractivity contribution in [2.24, 2.45) is 5.73 Å². The molecule has 0 atom stereocenters. The van der Waals surface area contributed by atoms with Crippen LogP contribution in [0.4, 0.5) is 5.95 Å². The summed E-state index contributed by atoms with van der Waals surface area (Å²) < 4.78 is 0. The molecular weight excluding hydrogens is 270 g/mol. The number of aryl methyl sites for hydroxylation is 1. The number of aromatic nitrogens is 3. The number of nitrogens with two attached hydrogens (primary N) is 1. The van der Waals surface area contributed by atoms with Crippen molar-refractivity contribution in [2.75, 3.05) is 11.4 Å². The minimum atomic E-state index is 0.494. The Hall–Kier alpha value is -2.08. The third-order valence-electron chi connectivity index (χ3n) is 2.77. The van der Waals surface area contributed by atoms with Crippen molar-refractivity contribution < 1.29 is 0 Å². The Morgan fingerprint density at radius 1 is 1.30 bits per heavy atom. The Kier molecular flexibility index (Phi) is 4.95. The minimum Gasteiger partial charge on any atom is -0.393 e. The van der Waals surface area contributed by atoms with E-state index in [2.05, 4.69) is 19.9 Å². The van der Waals surface area contributed by atoms with Gasteiger partial charge >= 0.3 is 0 Å². The predicted octanol–water partition coefficient (Wildman–Crippen LogP) is 1.86. The molecule has 0 aliphatic rings. The number of pyridine rings is 1. The average molecular weight is 287 g/mol. The van der Waals surface area contributed by atoms with E-state index in [9.17, 15) is 0 Å². The molecule has 0 spiro atoms. The van der Waals surface area contributed by atoms with Gasteiger partial charge in [0.2, 0.25) is 5.95 Å². The second-order valence-corrected chi connectivity index (χ2v) is 5.08. The Labute approximate surface area is 123 Å². The summed E-state index contributed by atoms with van der Waals surface area (Å²) in [5.74, 6) is 0.677. The van der Waals surface area contributed by atoms with E-state index in [4.69, 9.17) is 18.0 Å². The van der Waals surface area contributed by atoms with Crippen LogP contribution in [0, 0.1) is 6.92 Å². The lowest BCUT2D eigenvalue weighted by Crippen LogP contribution is -2.28. The molecule has 20 heavy (non-hydrogen) atoms. The van der Waals surface area contributed by atoms with E-state index < -0.39 is 0 Å². The Morgan fingerprint density at radius 3 is 2.65 bits per heavy atom. The summed E-state index contributed by atoms with van der Waals surface area (Å²) in [6, 6.07) is 3.94. The smallest absolute Gasteiger partial charge is 0.225 e. The molecule has 5 nitrogen and oxygen atoms in total. The van der Waals surface area contributed by atoms with Crippen LogP contribution in [0.15, 0.2) is 36.9 Å². The van der Waals surface area contributed by atoms with Crippen LogP contribution in [-0.2, 0) is 6.54 Å². The molecule has 0 saturated carbocycles. The highest BCUT2D eigenvalue weighted by molar-refractivity contribution is 7.80. The van der Waals surface area contributed by atoms with Crippen LogP contribution in [0.25, 0.3) is 0 Å². The van der Waals surface area contributed by atoms with E-state index in [1.807, 2.05) is 25.3 Å². The predicted molar refractivity (Wildman–Crippen MR) is 83.5 cm³/mol. The first-order chi connectivity index (χ1) is 9.65. The minimum absolute atomic E-state index is 0.494. The number of rotatable bonds is 6. The van der Waals surface area contributed by atoms with Gasteiger partial charge in [0.25, 0.3) is 0 Å². The van der Waals surface area contributed by atoms with Crippen molar-refractivity contribution in [1.29, 1.82) is 0 Å². The maximum atomic E-state index is 5.59. The van der Waals surface area contributed by atoms with E-state index in [0.29, 0.717) is 30.4 Å². The van der Waals surface area contributed by atoms with Gasteiger partial charge in [-0.05, 0) is 24.1 Å². The van der Waals surface area contributed by atoms with Gasteiger partial charge in [0.15, 0.2) is 0 Å². The van der Waals surface area contributed by atoms with Crippen LogP contribution in [0.5, 0.6) is 0 Å². The van der Waals surface area contributed by atoms with Gasteiger partial charge in [-0.25, -0.2) is 9.97 Å². The van der Waals surface area contributed by atoms with Crippen LogP contribution < -0.4 is 10.6 Å². The Balaban J connectivity index is 2.15. The summed E-state index contributed by atoms with van der Waals surface area (Å²) in [5.41, 5.74) is 7.72. The molecule has 0 saturated heterocycles. The third-order valence-corrected chi connectivity index (χ3v) is 2.98. The number of hydrogen-bond donors (Lipinski definition) is 1. The number of anilines is 1. The van der Waals surface area contributed by atoms with Crippen molar-refractivity contribution in [1.82, 2.24) is 15.0 Å². The summed E-state index contributed by atoms with van der Waals surface area (Å²) in [7, 11) is 0. The van der Waals surface area contributed by atoms with Gasteiger partial charge in [0.1, 0.15) is 0 Å². The maximum Gasteiger partial charge on any atom is 0.225 e. The molecule has 0 aliphatic carbocycles. The lowest BCUT2D eigenvalue weighted by Gasteiger charge is -2.22. The molecule has 2 aromatic heterocycles. The topological polar surface area (TPSA) is 67.9 Å². The zero-order valence-electron chi connectivity index (χ0n) is 11.4. The fourth-order valence-corrected chi connectivity index (χ4v) is 1.85. The van der Waals surface area contributed by atoms with E-state index >= 15 is 0 Å². The van der Waals surface area contributed by atoms with Crippen molar-refractivity contribution in [2.45, 2.75) is 19.9 Å². The number of thiocarbonyl (C=S) groups is 1. The van der Waals surface area contributed by atoms with E-state index in [0.717, 1.165) is 11.1 Å². The molecule has 0 aromatic carbocycles. The van der Waals surface area contributed by atoms with Crippen LogP contribution in [0.2, 0.25) is 0 Å². The molecule has 2 rings (SSSR count). The first-order valence-corrected chi connectivity index (χ1v) is 6.77.